The summed E-state index contributed by atoms with van der Waals surface area (Å²) in [6, 6.07) is 8.21. The summed E-state index contributed by atoms with van der Waals surface area (Å²) in [6.45, 7) is 6.66. The van der Waals surface area contributed by atoms with E-state index in [-0.39, 0.29) is 36.8 Å². The Labute approximate surface area is 161 Å². The maximum atomic E-state index is 12.1. The normalized spacial score (nSPS) is 20.9. The molecule has 0 spiro atoms. The van der Waals surface area contributed by atoms with E-state index >= 15 is 0 Å². The predicted molar refractivity (Wildman–Crippen MR) is 103 cm³/mol. The van der Waals surface area contributed by atoms with Gasteiger partial charge in [0.15, 0.2) is 0 Å². The summed E-state index contributed by atoms with van der Waals surface area (Å²) in [7, 11) is 0. The summed E-state index contributed by atoms with van der Waals surface area (Å²) in [4.78, 5) is 14.4. The van der Waals surface area contributed by atoms with Crippen molar-refractivity contribution in [3.63, 3.8) is 0 Å². The molecule has 2 N–H and O–H groups in total. The Kier molecular flexibility index (Phi) is 10.3. The Balaban J connectivity index is 0.00000156. The molecule has 142 valence electrons. The molecule has 2 aliphatic heterocycles. The van der Waals surface area contributed by atoms with Gasteiger partial charge in [0, 0.05) is 44.3 Å². The topological polar surface area (TPSA) is 62.8 Å². The molecule has 25 heavy (non-hydrogen) atoms. The van der Waals surface area contributed by atoms with Gasteiger partial charge >= 0.3 is 0 Å². The number of ether oxygens (including phenoxy) is 2. The molecular weight excluding hydrogens is 365 g/mol. The SMILES string of the molecule is Cl.Cl.O=C(CC1COCCN1)Nc1ccc(CN2CCOCC2)cc1. The molecule has 0 bridgehead atoms. The molecule has 1 atom stereocenters. The zero-order valence-corrected chi connectivity index (χ0v) is 15.9. The van der Waals surface area contributed by atoms with Crippen molar-refractivity contribution >= 4 is 36.4 Å². The summed E-state index contributed by atoms with van der Waals surface area (Å²) < 4.78 is 10.7. The van der Waals surface area contributed by atoms with E-state index in [1.807, 2.05) is 12.1 Å². The van der Waals surface area contributed by atoms with Crippen molar-refractivity contribution in [2.75, 3.05) is 51.4 Å². The number of hydrogen-bond acceptors (Lipinski definition) is 5. The zero-order valence-electron chi connectivity index (χ0n) is 14.2. The van der Waals surface area contributed by atoms with Crippen molar-refractivity contribution in [3.05, 3.63) is 29.8 Å². The predicted octanol–water partition coefficient (Wildman–Crippen LogP) is 1.68. The van der Waals surface area contributed by atoms with Crippen LogP contribution < -0.4 is 10.6 Å². The van der Waals surface area contributed by atoms with E-state index in [4.69, 9.17) is 9.47 Å². The van der Waals surface area contributed by atoms with Crippen molar-refractivity contribution < 1.29 is 14.3 Å². The molecule has 2 saturated heterocycles. The van der Waals surface area contributed by atoms with Gasteiger partial charge < -0.3 is 20.1 Å². The molecule has 2 aliphatic rings. The highest BCUT2D eigenvalue weighted by Gasteiger charge is 2.17. The molecular formula is C17H27Cl2N3O3. The van der Waals surface area contributed by atoms with Crippen LogP contribution in [0, 0.1) is 0 Å². The van der Waals surface area contributed by atoms with E-state index in [9.17, 15) is 4.79 Å². The Morgan fingerprint density at radius 1 is 1.12 bits per heavy atom. The van der Waals surface area contributed by atoms with Crippen LogP contribution in [0.25, 0.3) is 0 Å². The van der Waals surface area contributed by atoms with Crippen molar-refractivity contribution in [3.8, 4) is 0 Å². The second-order valence-electron chi connectivity index (χ2n) is 6.06. The minimum Gasteiger partial charge on any atom is -0.379 e. The fraction of sp³-hybridized carbons (Fsp3) is 0.588. The number of amides is 1. The maximum absolute atomic E-state index is 12.1. The lowest BCUT2D eigenvalue weighted by atomic mass is 10.1. The maximum Gasteiger partial charge on any atom is 0.226 e. The summed E-state index contributed by atoms with van der Waals surface area (Å²) in [5, 5.41) is 6.24. The van der Waals surface area contributed by atoms with Crippen LogP contribution in [-0.2, 0) is 20.8 Å². The summed E-state index contributed by atoms with van der Waals surface area (Å²) in [5.74, 6) is 0.0222. The van der Waals surface area contributed by atoms with Crippen LogP contribution in [0.4, 0.5) is 5.69 Å². The quantitative estimate of drug-likeness (QED) is 0.799. The molecule has 0 radical (unpaired) electrons. The standard InChI is InChI=1S/C17H25N3O3.2ClH/c21-17(11-16-13-23-8-5-18-16)19-15-3-1-14(2-4-15)12-20-6-9-22-10-7-20;;/h1-4,16,18H,5-13H2,(H,19,21);2*1H. The number of rotatable bonds is 5. The molecule has 1 amide bonds. The second kappa shape index (κ2) is 11.7. The van der Waals surface area contributed by atoms with E-state index in [1.165, 1.54) is 5.56 Å². The highest BCUT2D eigenvalue weighted by molar-refractivity contribution is 5.91. The minimum atomic E-state index is 0. The molecule has 0 aliphatic carbocycles. The third-order valence-electron chi connectivity index (χ3n) is 4.18. The van der Waals surface area contributed by atoms with Crippen LogP contribution in [0.5, 0.6) is 0 Å². The second-order valence-corrected chi connectivity index (χ2v) is 6.06. The van der Waals surface area contributed by atoms with Crippen LogP contribution in [0.2, 0.25) is 0 Å². The first kappa shape index (κ1) is 22.2. The molecule has 2 heterocycles. The van der Waals surface area contributed by atoms with Crippen LogP contribution >= 0.6 is 24.8 Å². The lowest BCUT2D eigenvalue weighted by molar-refractivity contribution is -0.117. The number of hydrogen-bond donors (Lipinski definition) is 2. The molecule has 0 saturated carbocycles. The van der Waals surface area contributed by atoms with E-state index in [0.717, 1.165) is 51.7 Å². The molecule has 8 heteroatoms. The van der Waals surface area contributed by atoms with Crippen molar-refractivity contribution in [1.82, 2.24) is 10.2 Å². The summed E-state index contributed by atoms with van der Waals surface area (Å²) >= 11 is 0. The van der Waals surface area contributed by atoms with Crippen LogP contribution in [0.1, 0.15) is 12.0 Å². The van der Waals surface area contributed by atoms with E-state index in [0.29, 0.717) is 13.0 Å². The molecule has 0 aromatic heterocycles. The van der Waals surface area contributed by atoms with Gasteiger partial charge in [0.1, 0.15) is 0 Å². The Bertz CT molecular complexity index is 504. The average Bonchev–Trinajstić information content (AvgIpc) is 2.58. The molecule has 1 aromatic carbocycles. The molecule has 1 aromatic rings. The van der Waals surface area contributed by atoms with Gasteiger partial charge in [0.25, 0.3) is 0 Å². The van der Waals surface area contributed by atoms with Gasteiger partial charge in [0.05, 0.1) is 26.4 Å². The minimum absolute atomic E-state index is 0. The number of benzene rings is 1. The Hall–Kier alpha value is -0.890. The summed E-state index contributed by atoms with van der Waals surface area (Å²) in [5.41, 5.74) is 2.10. The fourth-order valence-electron chi connectivity index (χ4n) is 2.90. The number of anilines is 1. The number of carbonyl (C=O) groups is 1. The van der Waals surface area contributed by atoms with Crippen molar-refractivity contribution in [1.29, 1.82) is 0 Å². The van der Waals surface area contributed by atoms with Crippen molar-refractivity contribution in [2.24, 2.45) is 0 Å². The van der Waals surface area contributed by atoms with E-state index in [1.54, 1.807) is 0 Å². The molecule has 1 unspecified atom stereocenters. The largest absolute Gasteiger partial charge is 0.379 e. The number of morpholine rings is 2. The first-order valence-electron chi connectivity index (χ1n) is 8.29. The van der Waals surface area contributed by atoms with Crippen LogP contribution in [0.3, 0.4) is 0 Å². The highest BCUT2D eigenvalue weighted by Crippen LogP contribution is 2.13. The smallest absolute Gasteiger partial charge is 0.226 e. The lowest BCUT2D eigenvalue weighted by Crippen LogP contribution is -2.43. The number of halogens is 2. The Morgan fingerprint density at radius 3 is 2.48 bits per heavy atom. The molecule has 3 rings (SSSR count). The van der Waals surface area contributed by atoms with Crippen LogP contribution in [0.15, 0.2) is 24.3 Å². The third-order valence-corrected chi connectivity index (χ3v) is 4.18. The molecule has 6 nitrogen and oxygen atoms in total. The van der Waals surface area contributed by atoms with E-state index in [2.05, 4.69) is 27.7 Å². The fourth-order valence-corrected chi connectivity index (χ4v) is 2.90. The van der Waals surface area contributed by atoms with Gasteiger partial charge in [-0.25, -0.2) is 0 Å². The van der Waals surface area contributed by atoms with E-state index < -0.39 is 0 Å². The Morgan fingerprint density at radius 2 is 1.84 bits per heavy atom. The first-order valence-corrected chi connectivity index (χ1v) is 8.29. The number of nitrogens with zero attached hydrogens (tertiary/aromatic N) is 1. The molecule has 2 fully saturated rings. The van der Waals surface area contributed by atoms with Crippen LogP contribution in [-0.4, -0.2) is 62.9 Å². The monoisotopic (exact) mass is 391 g/mol. The van der Waals surface area contributed by atoms with Gasteiger partial charge in [-0.1, -0.05) is 12.1 Å². The van der Waals surface area contributed by atoms with Gasteiger partial charge in [0.2, 0.25) is 5.91 Å². The lowest BCUT2D eigenvalue weighted by Gasteiger charge is -2.26. The summed E-state index contributed by atoms with van der Waals surface area (Å²) in [6.07, 6.45) is 0.440. The average molecular weight is 392 g/mol. The number of carbonyl (C=O) groups excluding carboxylic acids is 1. The highest BCUT2D eigenvalue weighted by atomic mass is 35.5. The zero-order chi connectivity index (χ0) is 15.9. The van der Waals surface area contributed by atoms with Gasteiger partial charge in [-0.2, -0.15) is 0 Å². The van der Waals surface area contributed by atoms with Gasteiger partial charge in [-0.15, -0.1) is 24.8 Å². The first-order chi connectivity index (χ1) is 11.3. The van der Waals surface area contributed by atoms with Crippen molar-refractivity contribution in [2.45, 2.75) is 19.0 Å². The van der Waals surface area contributed by atoms with Gasteiger partial charge in [-0.3, -0.25) is 9.69 Å². The van der Waals surface area contributed by atoms with Gasteiger partial charge in [-0.05, 0) is 17.7 Å². The third kappa shape index (κ3) is 7.48. The number of nitrogens with one attached hydrogen (secondary N) is 2.